The number of rotatable bonds is 4. The van der Waals surface area contributed by atoms with Crippen molar-refractivity contribution in [1.82, 2.24) is 10.0 Å². The van der Waals surface area contributed by atoms with Gasteiger partial charge in [-0.3, -0.25) is 0 Å². The summed E-state index contributed by atoms with van der Waals surface area (Å²) in [6, 6.07) is 3.60. The second-order valence-electron chi connectivity index (χ2n) is 6.01. The second kappa shape index (κ2) is 7.24. The van der Waals surface area contributed by atoms with E-state index in [1.807, 2.05) is 6.07 Å². The van der Waals surface area contributed by atoms with Crippen LogP contribution in [-0.2, 0) is 15.4 Å². The quantitative estimate of drug-likeness (QED) is 0.821. The van der Waals surface area contributed by atoms with E-state index >= 15 is 0 Å². The lowest BCUT2D eigenvalue weighted by molar-refractivity contribution is 0.584. The van der Waals surface area contributed by atoms with Gasteiger partial charge in [-0.05, 0) is 30.5 Å². The van der Waals surface area contributed by atoms with E-state index in [9.17, 15) is 8.42 Å². The monoisotopic (exact) mass is 350 g/mol. The van der Waals surface area contributed by atoms with Gasteiger partial charge in [-0.2, -0.15) is 0 Å². The molecule has 0 amide bonds. The minimum absolute atomic E-state index is 0. The molecule has 0 fully saturated rings. The molecule has 1 aromatic rings. The first kappa shape index (κ1) is 18.6. The number of halogens is 1. The molecule has 0 radical (unpaired) electrons. The molecule has 0 unspecified atom stereocenters. The van der Waals surface area contributed by atoms with E-state index in [4.69, 9.17) is 0 Å². The summed E-state index contributed by atoms with van der Waals surface area (Å²) in [6.45, 7) is 8.41. The Bertz CT molecular complexity index is 601. The summed E-state index contributed by atoms with van der Waals surface area (Å²) in [5.41, 5.74) is 1.13. The molecule has 1 aliphatic rings. The van der Waals surface area contributed by atoms with Crippen LogP contribution in [0.25, 0.3) is 0 Å². The summed E-state index contributed by atoms with van der Waals surface area (Å²) in [6.07, 6.45) is 2.96. The van der Waals surface area contributed by atoms with Crippen LogP contribution in [0.3, 0.4) is 0 Å². The number of sulfonamides is 1. The summed E-state index contributed by atoms with van der Waals surface area (Å²) in [4.78, 5) is 1.08. The highest BCUT2D eigenvalue weighted by molar-refractivity contribution is 7.91. The number of nitrogens with one attached hydrogen (secondary N) is 2. The summed E-state index contributed by atoms with van der Waals surface area (Å²) in [5.74, 6) is 0. The predicted molar refractivity (Wildman–Crippen MR) is 91.0 cm³/mol. The Morgan fingerprint density at radius 3 is 2.57 bits per heavy atom. The first-order valence-corrected chi connectivity index (χ1v) is 9.07. The highest BCUT2D eigenvalue weighted by Gasteiger charge is 2.22. The van der Waals surface area contributed by atoms with Crippen LogP contribution in [0.4, 0.5) is 0 Å². The van der Waals surface area contributed by atoms with Gasteiger partial charge in [0.1, 0.15) is 4.21 Å². The van der Waals surface area contributed by atoms with Crippen molar-refractivity contribution in [2.45, 2.75) is 36.8 Å². The summed E-state index contributed by atoms with van der Waals surface area (Å²) in [5, 5.41) is 3.21. The van der Waals surface area contributed by atoms with Gasteiger partial charge >= 0.3 is 0 Å². The molecule has 4 nitrogen and oxygen atoms in total. The third kappa shape index (κ3) is 5.07. The Morgan fingerprint density at radius 2 is 2.05 bits per heavy atom. The average molecular weight is 351 g/mol. The highest BCUT2D eigenvalue weighted by atomic mass is 35.5. The molecule has 2 rings (SSSR count). The van der Waals surface area contributed by atoms with E-state index in [1.165, 1.54) is 11.3 Å². The number of hydrogen-bond acceptors (Lipinski definition) is 4. The molecule has 7 heteroatoms. The lowest BCUT2D eigenvalue weighted by Crippen LogP contribution is -2.29. The van der Waals surface area contributed by atoms with Crippen LogP contribution in [0, 0.1) is 0 Å². The minimum atomic E-state index is -3.39. The average Bonchev–Trinajstić information content (AvgIpc) is 2.88. The molecule has 2 N–H and O–H groups in total. The zero-order valence-corrected chi connectivity index (χ0v) is 15.1. The van der Waals surface area contributed by atoms with Crippen LogP contribution < -0.4 is 10.0 Å². The Balaban J connectivity index is 0.00000220. The van der Waals surface area contributed by atoms with Crippen molar-refractivity contribution >= 4 is 33.8 Å². The van der Waals surface area contributed by atoms with Gasteiger partial charge in [-0.1, -0.05) is 32.4 Å². The molecule has 120 valence electrons. The first-order chi connectivity index (χ1) is 9.29. The summed E-state index contributed by atoms with van der Waals surface area (Å²) in [7, 11) is -3.39. The molecule has 0 saturated carbocycles. The van der Waals surface area contributed by atoms with Crippen LogP contribution >= 0.6 is 23.7 Å². The van der Waals surface area contributed by atoms with Crippen LogP contribution in [0.2, 0.25) is 0 Å². The minimum Gasteiger partial charge on any atom is -0.313 e. The third-order valence-corrected chi connectivity index (χ3v) is 6.64. The lowest BCUT2D eigenvalue weighted by Gasteiger charge is -2.15. The van der Waals surface area contributed by atoms with E-state index in [0.717, 1.165) is 30.0 Å². The Kier molecular flexibility index (Phi) is 6.43. The van der Waals surface area contributed by atoms with Crippen molar-refractivity contribution in [3.63, 3.8) is 0 Å². The molecule has 0 aromatic carbocycles. The van der Waals surface area contributed by atoms with Crippen molar-refractivity contribution < 1.29 is 8.42 Å². The largest absolute Gasteiger partial charge is 0.313 e. The van der Waals surface area contributed by atoms with Crippen LogP contribution in [0.15, 0.2) is 28.0 Å². The lowest BCUT2D eigenvalue weighted by atomic mass is 9.95. The van der Waals surface area contributed by atoms with Crippen LogP contribution in [0.1, 0.15) is 32.1 Å². The van der Waals surface area contributed by atoms with Gasteiger partial charge in [0.2, 0.25) is 10.0 Å². The summed E-state index contributed by atoms with van der Waals surface area (Å²) >= 11 is 1.35. The van der Waals surface area contributed by atoms with Gasteiger partial charge in [-0.15, -0.1) is 23.7 Å². The normalized spacial score (nSPS) is 16.2. The Hall–Kier alpha value is -0.400. The van der Waals surface area contributed by atoms with E-state index in [2.05, 4.69) is 36.9 Å². The SMILES string of the molecule is CC(C)(C)c1ccc(S(=O)(=O)NCC2=CCNCC2)s1.Cl. The molecule has 1 aromatic heterocycles. The second-order valence-corrected chi connectivity index (χ2v) is 9.09. The molecule has 21 heavy (non-hydrogen) atoms. The molecule has 0 aliphatic carbocycles. The molecule has 2 heterocycles. The van der Waals surface area contributed by atoms with Gasteiger partial charge in [0.25, 0.3) is 0 Å². The van der Waals surface area contributed by atoms with E-state index in [1.54, 1.807) is 6.07 Å². The number of thiophene rings is 1. The topological polar surface area (TPSA) is 58.2 Å². The van der Waals surface area contributed by atoms with Crippen LogP contribution in [0.5, 0.6) is 0 Å². The van der Waals surface area contributed by atoms with Crippen molar-refractivity contribution in [3.05, 3.63) is 28.7 Å². The summed E-state index contributed by atoms with van der Waals surface area (Å²) < 4.78 is 27.6. The first-order valence-electron chi connectivity index (χ1n) is 6.78. The molecule has 1 aliphatic heterocycles. The molecular weight excluding hydrogens is 328 g/mol. The molecule has 0 bridgehead atoms. The van der Waals surface area contributed by atoms with E-state index in [-0.39, 0.29) is 17.8 Å². The van der Waals surface area contributed by atoms with Crippen molar-refractivity contribution in [2.75, 3.05) is 19.6 Å². The smallest absolute Gasteiger partial charge is 0.250 e. The predicted octanol–water partition coefficient (Wildman–Crippen LogP) is 2.67. The standard InChI is InChI=1S/C14H22N2O2S2.ClH/c1-14(2,3)12-4-5-13(19-12)20(17,18)16-10-11-6-8-15-9-7-11;/h4-6,15-16H,7-10H2,1-3H3;1H. The van der Waals surface area contributed by atoms with Crippen molar-refractivity contribution in [1.29, 1.82) is 0 Å². The van der Waals surface area contributed by atoms with Gasteiger partial charge in [0, 0.05) is 18.0 Å². The van der Waals surface area contributed by atoms with E-state index < -0.39 is 10.0 Å². The van der Waals surface area contributed by atoms with Gasteiger partial charge in [-0.25, -0.2) is 13.1 Å². The fourth-order valence-electron chi connectivity index (χ4n) is 1.96. The molecular formula is C14H23ClN2O2S2. The Labute approximate surface area is 137 Å². The zero-order valence-electron chi connectivity index (χ0n) is 12.6. The Morgan fingerprint density at radius 1 is 1.33 bits per heavy atom. The van der Waals surface area contributed by atoms with Gasteiger partial charge in [0.15, 0.2) is 0 Å². The highest BCUT2D eigenvalue weighted by Crippen LogP contribution is 2.31. The third-order valence-electron chi connectivity index (χ3n) is 3.23. The zero-order chi connectivity index (χ0) is 14.8. The maximum atomic E-state index is 12.3. The maximum absolute atomic E-state index is 12.3. The number of hydrogen-bond donors (Lipinski definition) is 2. The molecule has 0 saturated heterocycles. The van der Waals surface area contributed by atoms with Crippen molar-refractivity contribution in [3.8, 4) is 0 Å². The van der Waals surface area contributed by atoms with Crippen molar-refractivity contribution in [2.24, 2.45) is 0 Å². The fraction of sp³-hybridized carbons (Fsp3) is 0.571. The van der Waals surface area contributed by atoms with E-state index in [0.29, 0.717) is 10.8 Å². The van der Waals surface area contributed by atoms with Crippen LogP contribution in [-0.4, -0.2) is 28.1 Å². The van der Waals surface area contributed by atoms with Gasteiger partial charge in [0.05, 0.1) is 0 Å². The molecule has 0 atom stereocenters. The van der Waals surface area contributed by atoms with Gasteiger partial charge < -0.3 is 5.32 Å². The maximum Gasteiger partial charge on any atom is 0.250 e. The fourth-order valence-corrected chi connectivity index (χ4v) is 4.40. The molecule has 0 spiro atoms.